The highest BCUT2D eigenvalue weighted by Crippen LogP contribution is 2.35. The molecule has 0 aliphatic heterocycles. The molecule has 0 amide bonds. The predicted molar refractivity (Wildman–Crippen MR) is 76.0 cm³/mol. The Morgan fingerprint density at radius 3 is 2.68 bits per heavy atom. The summed E-state index contributed by atoms with van der Waals surface area (Å²) in [6.45, 7) is 0. The summed E-state index contributed by atoms with van der Waals surface area (Å²) in [5.41, 5.74) is -1.71. The average Bonchev–Trinajstić information content (AvgIpc) is 3.05. The minimum atomic E-state index is -4.70. The Hall–Kier alpha value is -1.94. The van der Waals surface area contributed by atoms with Gasteiger partial charge in [-0.2, -0.15) is 18.3 Å². The molecule has 0 bridgehead atoms. The highest BCUT2D eigenvalue weighted by molar-refractivity contribution is 9.10. The molecular formula is C12H5BrF3N3O2S. The van der Waals surface area contributed by atoms with Gasteiger partial charge in [-0.3, -0.25) is 0 Å². The Morgan fingerprint density at radius 1 is 1.41 bits per heavy atom. The monoisotopic (exact) mass is 391 g/mol. The van der Waals surface area contributed by atoms with Crippen LogP contribution in [0, 0.1) is 0 Å². The third-order valence-electron chi connectivity index (χ3n) is 2.80. The van der Waals surface area contributed by atoms with Crippen LogP contribution in [0.5, 0.6) is 0 Å². The van der Waals surface area contributed by atoms with Gasteiger partial charge in [-0.05, 0) is 33.4 Å². The molecule has 0 saturated heterocycles. The van der Waals surface area contributed by atoms with E-state index >= 15 is 0 Å². The SMILES string of the molecule is O=C(O)c1nn2c(C(F)(F)F)cc(-c3cccs3)nc2c1Br. The van der Waals surface area contributed by atoms with Gasteiger partial charge in [0.2, 0.25) is 0 Å². The van der Waals surface area contributed by atoms with Crippen LogP contribution in [0.2, 0.25) is 0 Å². The molecule has 0 saturated carbocycles. The van der Waals surface area contributed by atoms with Crippen LogP contribution in [0.25, 0.3) is 16.2 Å². The molecule has 3 aromatic rings. The number of halogens is 4. The maximum atomic E-state index is 13.2. The summed E-state index contributed by atoms with van der Waals surface area (Å²) in [6, 6.07) is 4.17. The van der Waals surface area contributed by atoms with E-state index < -0.39 is 23.5 Å². The van der Waals surface area contributed by atoms with Crippen LogP contribution in [-0.4, -0.2) is 25.7 Å². The number of carbonyl (C=O) groups is 1. The maximum Gasteiger partial charge on any atom is 0.433 e. The minimum absolute atomic E-state index is 0.0936. The zero-order chi connectivity index (χ0) is 16.1. The number of fused-ring (bicyclic) bond motifs is 1. The molecular weight excluding hydrogens is 387 g/mol. The second-order valence-electron chi connectivity index (χ2n) is 4.20. The van der Waals surface area contributed by atoms with E-state index in [-0.39, 0.29) is 15.8 Å². The van der Waals surface area contributed by atoms with Crippen molar-refractivity contribution in [2.24, 2.45) is 0 Å². The molecule has 3 rings (SSSR count). The molecule has 0 fully saturated rings. The lowest BCUT2D eigenvalue weighted by molar-refractivity contribution is -0.142. The van der Waals surface area contributed by atoms with Crippen LogP contribution < -0.4 is 0 Å². The van der Waals surface area contributed by atoms with Crippen LogP contribution >= 0.6 is 27.3 Å². The van der Waals surface area contributed by atoms with Crippen molar-refractivity contribution in [1.82, 2.24) is 14.6 Å². The lowest BCUT2D eigenvalue weighted by Gasteiger charge is -2.10. The molecule has 0 radical (unpaired) electrons. The number of hydrogen-bond acceptors (Lipinski definition) is 4. The Morgan fingerprint density at radius 2 is 2.14 bits per heavy atom. The first-order chi connectivity index (χ1) is 10.3. The van der Waals surface area contributed by atoms with Gasteiger partial charge in [-0.15, -0.1) is 11.3 Å². The summed E-state index contributed by atoms with van der Waals surface area (Å²) in [4.78, 5) is 15.7. The smallest absolute Gasteiger partial charge is 0.433 e. The Bertz CT molecular complexity index is 874. The molecule has 0 unspecified atom stereocenters. The third kappa shape index (κ3) is 2.37. The largest absolute Gasteiger partial charge is 0.476 e. The van der Waals surface area contributed by atoms with Crippen LogP contribution in [0.4, 0.5) is 13.2 Å². The van der Waals surface area contributed by atoms with Crippen LogP contribution in [0.1, 0.15) is 16.2 Å². The Balaban J connectivity index is 2.39. The quantitative estimate of drug-likeness (QED) is 0.718. The number of thiophene rings is 1. The highest BCUT2D eigenvalue weighted by atomic mass is 79.9. The second-order valence-corrected chi connectivity index (χ2v) is 5.95. The number of aromatic carboxylic acids is 1. The van der Waals surface area contributed by atoms with Gasteiger partial charge in [0.05, 0.1) is 15.0 Å². The van der Waals surface area contributed by atoms with Gasteiger partial charge < -0.3 is 5.11 Å². The molecule has 22 heavy (non-hydrogen) atoms. The lowest BCUT2D eigenvalue weighted by Crippen LogP contribution is -2.14. The number of hydrogen-bond donors (Lipinski definition) is 1. The fourth-order valence-corrected chi connectivity index (χ4v) is 3.07. The van der Waals surface area contributed by atoms with Crippen molar-refractivity contribution < 1.29 is 23.1 Å². The number of carboxylic acid groups (broad SMARTS) is 1. The zero-order valence-corrected chi connectivity index (χ0v) is 12.8. The molecule has 5 nitrogen and oxygen atoms in total. The van der Waals surface area contributed by atoms with E-state index in [4.69, 9.17) is 5.11 Å². The number of carboxylic acids is 1. The first-order valence-corrected chi connectivity index (χ1v) is 7.40. The van der Waals surface area contributed by atoms with Gasteiger partial charge in [0.1, 0.15) is 0 Å². The summed E-state index contributed by atoms with van der Waals surface area (Å²) in [5, 5.41) is 14.2. The predicted octanol–water partition coefficient (Wildman–Crippen LogP) is 3.94. The molecule has 0 aromatic carbocycles. The van der Waals surface area contributed by atoms with Gasteiger partial charge in [0, 0.05) is 0 Å². The van der Waals surface area contributed by atoms with E-state index in [1.807, 2.05) is 0 Å². The fraction of sp³-hybridized carbons (Fsp3) is 0.0833. The summed E-state index contributed by atoms with van der Waals surface area (Å²) < 4.78 is 40.1. The average molecular weight is 392 g/mol. The first kappa shape index (κ1) is 15.0. The van der Waals surface area contributed by atoms with Crippen molar-refractivity contribution in [1.29, 1.82) is 0 Å². The number of aromatic nitrogens is 3. The first-order valence-electron chi connectivity index (χ1n) is 5.72. The summed E-state index contributed by atoms with van der Waals surface area (Å²) >= 11 is 4.19. The zero-order valence-electron chi connectivity index (χ0n) is 10.4. The lowest BCUT2D eigenvalue weighted by atomic mass is 10.2. The molecule has 1 N–H and O–H groups in total. The summed E-state index contributed by atoms with van der Waals surface area (Å²) in [5.74, 6) is -1.44. The minimum Gasteiger partial charge on any atom is -0.476 e. The molecule has 0 aliphatic rings. The summed E-state index contributed by atoms with van der Waals surface area (Å²) in [6.07, 6.45) is -4.70. The number of rotatable bonds is 2. The summed E-state index contributed by atoms with van der Waals surface area (Å²) in [7, 11) is 0. The van der Waals surface area contributed by atoms with Crippen molar-refractivity contribution in [3.05, 3.63) is 39.4 Å². The number of alkyl halides is 3. The van der Waals surface area contributed by atoms with Gasteiger partial charge in [0.25, 0.3) is 0 Å². The molecule has 0 atom stereocenters. The molecule has 10 heteroatoms. The van der Waals surface area contributed by atoms with Crippen molar-refractivity contribution in [3.63, 3.8) is 0 Å². The second kappa shape index (κ2) is 5.06. The maximum absolute atomic E-state index is 13.2. The Kier molecular flexibility index (Phi) is 3.44. The van der Waals surface area contributed by atoms with E-state index in [1.165, 1.54) is 11.3 Å². The fourth-order valence-electron chi connectivity index (χ4n) is 1.88. The van der Waals surface area contributed by atoms with E-state index in [9.17, 15) is 18.0 Å². The van der Waals surface area contributed by atoms with E-state index in [2.05, 4.69) is 26.0 Å². The van der Waals surface area contributed by atoms with E-state index in [1.54, 1.807) is 17.5 Å². The standard InChI is InChI=1S/C12H5BrF3N3O2S/c13-8-9(11(20)21)18-19-7(12(14,15)16)4-5(17-10(8)19)6-2-1-3-22-6/h1-4H,(H,20,21). The van der Waals surface area contributed by atoms with Crippen molar-refractivity contribution >= 4 is 38.9 Å². The van der Waals surface area contributed by atoms with Gasteiger partial charge in [0.15, 0.2) is 17.0 Å². The van der Waals surface area contributed by atoms with Crippen LogP contribution in [-0.2, 0) is 6.18 Å². The normalized spacial score (nSPS) is 12.0. The van der Waals surface area contributed by atoms with Gasteiger partial charge >= 0.3 is 12.1 Å². The molecule has 3 heterocycles. The van der Waals surface area contributed by atoms with E-state index in [0.29, 0.717) is 9.39 Å². The van der Waals surface area contributed by atoms with Crippen molar-refractivity contribution in [3.8, 4) is 10.6 Å². The topological polar surface area (TPSA) is 67.5 Å². The van der Waals surface area contributed by atoms with Crippen molar-refractivity contribution in [2.75, 3.05) is 0 Å². The number of nitrogens with zero attached hydrogens (tertiary/aromatic N) is 3. The van der Waals surface area contributed by atoms with Gasteiger partial charge in [-0.25, -0.2) is 14.3 Å². The molecule has 114 valence electrons. The van der Waals surface area contributed by atoms with E-state index in [0.717, 1.165) is 6.07 Å². The van der Waals surface area contributed by atoms with Crippen molar-refractivity contribution in [2.45, 2.75) is 6.18 Å². The highest BCUT2D eigenvalue weighted by Gasteiger charge is 2.36. The Labute approximate surface area is 133 Å². The molecule has 0 aliphatic carbocycles. The van der Waals surface area contributed by atoms with Gasteiger partial charge in [-0.1, -0.05) is 6.07 Å². The van der Waals surface area contributed by atoms with Crippen LogP contribution in [0.3, 0.4) is 0 Å². The molecule has 0 spiro atoms. The van der Waals surface area contributed by atoms with Crippen LogP contribution in [0.15, 0.2) is 28.1 Å². The molecule has 3 aromatic heterocycles. The third-order valence-corrected chi connectivity index (χ3v) is 4.42.